The van der Waals surface area contributed by atoms with E-state index in [0.29, 0.717) is 17.0 Å². The van der Waals surface area contributed by atoms with Crippen molar-refractivity contribution in [2.45, 2.75) is 0 Å². The van der Waals surface area contributed by atoms with E-state index in [9.17, 15) is 4.79 Å². The number of hydrogen-bond donors (Lipinski definition) is 3. The molecule has 8 nitrogen and oxygen atoms in total. The third-order valence-corrected chi connectivity index (χ3v) is 2.49. The second-order valence-corrected chi connectivity index (χ2v) is 4.21. The Bertz CT molecular complexity index is 630. The SMILES string of the molecule is COc1ccc(N/N=C(\C#N)C(=N)N)cc1C(=O)N(C)C. The number of benzene rings is 1. The maximum absolute atomic E-state index is 12.1. The monoisotopic (exact) mass is 288 g/mol. The van der Waals surface area contributed by atoms with Crippen molar-refractivity contribution in [1.29, 1.82) is 10.7 Å². The van der Waals surface area contributed by atoms with Gasteiger partial charge in [-0.2, -0.15) is 10.4 Å². The first-order chi connectivity index (χ1) is 9.90. The Hall–Kier alpha value is -3.08. The van der Waals surface area contributed by atoms with Crippen LogP contribution in [-0.4, -0.2) is 43.6 Å². The summed E-state index contributed by atoms with van der Waals surface area (Å²) in [5.74, 6) is -0.245. The third-order valence-electron chi connectivity index (χ3n) is 2.49. The van der Waals surface area contributed by atoms with Gasteiger partial charge in [-0.05, 0) is 18.2 Å². The number of carbonyl (C=O) groups excluding carboxylic acids is 1. The Morgan fingerprint density at radius 2 is 2.19 bits per heavy atom. The zero-order valence-electron chi connectivity index (χ0n) is 12.0. The van der Waals surface area contributed by atoms with Crippen molar-refractivity contribution in [3.05, 3.63) is 23.8 Å². The van der Waals surface area contributed by atoms with Crippen LogP contribution in [0.15, 0.2) is 23.3 Å². The lowest BCUT2D eigenvalue weighted by molar-refractivity contribution is 0.0824. The number of methoxy groups -OCH3 is 1. The van der Waals surface area contributed by atoms with E-state index >= 15 is 0 Å². The Morgan fingerprint density at radius 3 is 2.67 bits per heavy atom. The van der Waals surface area contributed by atoms with Crippen LogP contribution in [0, 0.1) is 16.7 Å². The smallest absolute Gasteiger partial charge is 0.257 e. The number of hydrazone groups is 1. The van der Waals surface area contributed by atoms with E-state index in [4.69, 9.17) is 21.1 Å². The molecular weight excluding hydrogens is 272 g/mol. The minimum Gasteiger partial charge on any atom is -0.496 e. The number of nitrogens with two attached hydrogens (primary N) is 1. The van der Waals surface area contributed by atoms with Crippen LogP contribution in [0.3, 0.4) is 0 Å². The van der Waals surface area contributed by atoms with Crippen molar-refractivity contribution in [3.63, 3.8) is 0 Å². The Labute approximate surface area is 122 Å². The van der Waals surface area contributed by atoms with Gasteiger partial charge >= 0.3 is 0 Å². The minimum absolute atomic E-state index is 0.230. The molecule has 0 radical (unpaired) electrons. The van der Waals surface area contributed by atoms with Crippen LogP contribution in [0.25, 0.3) is 0 Å². The van der Waals surface area contributed by atoms with Gasteiger partial charge < -0.3 is 15.4 Å². The topological polar surface area (TPSA) is 128 Å². The Balaban J connectivity index is 3.12. The van der Waals surface area contributed by atoms with E-state index in [-0.39, 0.29) is 11.6 Å². The fourth-order valence-corrected chi connectivity index (χ4v) is 1.45. The van der Waals surface area contributed by atoms with E-state index in [1.165, 1.54) is 12.0 Å². The zero-order valence-corrected chi connectivity index (χ0v) is 12.0. The molecule has 1 amide bonds. The first-order valence-corrected chi connectivity index (χ1v) is 5.88. The summed E-state index contributed by atoms with van der Waals surface area (Å²) in [7, 11) is 4.73. The predicted molar refractivity (Wildman–Crippen MR) is 79.6 cm³/mol. The quantitative estimate of drug-likeness (QED) is 0.416. The number of nitriles is 1. The number of ether oxygens (including phenoxy) is 1. The number of rotatable bonds is 5. The first-order valence-electron chi connectivity index (χ1n) is 5.88. The fourth-order valence-electron chi connectivity index (χ4n) is 1.45. The Kier molecular flexibility index (Phi) is 5.25. The van der Waals surface area contributed by atoms with E-state index in [0.717, 1.165) is 0 Å². The maximum atomic E-state index is 12.1. The maximum Gasteiger partial charge on any atom is 0.257 e. The van der Waals surface area contributed by atoms with Crippen LogP contribution >= 0.6 is 0 Å². The third kappa shape index (κ3) is 3.94. The first kappa shape index (κ1) is 16.0. The van der Waals surface area contributed by atoms with Crippen molar-refractivity contribution >= 4 is 23.1 Å². The summed E-state index contributed by atoms with van der Waals surface area (Å²) in [6, 6.07) is 6.46. The average molecular weight is 288 g/mol. The van der Waals surface area contributed by atoms with Gasteiger partial charge in [0.25, 0.3) is 5.91 Å². The van der Waals surface area contributed by atoms with Crippen LogP contribution in [0.2, 0.25) is 0 Å². The number of anilines is 1. The second-order valence-electron chi connectivity index (χ2n) is 4.21. The summed E-state index contributed by atoms with van der Waals surface area (Å²) in [6.45, 7) is 0. The summed E-state index contributed by atoms with van der Waals surface area (Å²) >= 11 is 0. The van der Waals surface area contributed by atoms with Gasteiger partial charge in [0.15, 0.2) is 5.84 Å². The van der Waals surface area contributed by atoms with Gasteiger partial charge in [0.05, 0.1) is 18.4 Å². The fraction of sp³-hybridized carbons (Fsp3) is 0.231. The molecule has 4 N–H and O–H groups in total. The van der Waals surface area contributed by atoms with E-state index in [1.54, 1.807) is 38.4 Å². The van der Waals surface area contributed by atoms with Gasteiger partial charge in [-0.25, -0.2) is 0 Å². The summed E-state index contributed by atoms with van der Waals surface area (Å²) in [5.41, 5.74) is 8.34. The van der Waals surface area contributed by atoms with E-state index in [1.807, 2.05) is 0 Å². The summed E-state index contributed by atoms with van der Waals surface area (Å²) in [5, 5.41) is 19.6. The molecule has 0 aromatic heterocycles. The van der Waals surface area contributed by atoms with Crippen molar-refractivity contribution in [1.82, 2.24) is 4.90 Å². The lowest BCUT2D eigenvalue weighted by atomic mass is 10.1. The molecule has 0 fully saturated rings. The highest BCUT2D eigenvalue weighted by Crippen LogP contribution is 2.23. The molecule has 0 bridgehead atoms. The molecule has 1 aromatic rings. The normalized spacial score (nSPS) is 10.5. The van der Waals surface area contributed by atoms with Crippen molar-refractivity contribution in [2.75, 3.05) is 26.6 Å². The highest BCUT2D eigenvalue weighted by Gasteiger charge is 2.15. The highest BCUT2D eigenvalue weighted by atomic mass is 16.5. The molecule has 0 heterocycles. The Morgan fingerprint density at radius 1 is 1.52 bits per heavy atom. The van der Waals surface area contributed by atoms with Crippen molar-refractivity contribution < 1.29 is 9.53 Å². The zero-order chi connectivity index (χ0) is 16.0. The molecule has 1 rings (SSSR count). The average Bonchev–Trinajstić information content (AvgIpc) is 2.46. The standard InChI is InChI=1S/C13H16N6O2/c1-19(2)13(20)9-6-8(4-5-11(9)21-3)17-18-10(7-14)12(15)16/h4-6,17H,1-3H3,(H3,15,16)/b18-10+. The molecule has 0 spiro atoms. The van der Waals surface area contributed by atoms with Crippen molar-refractivity contribution in [2.24, 2.45) is 10.8 Å². The molecule has 0 saturated carbocycles. The van der Waals surface area contributed by atoms with Crippen LogP contribution < -0.4 is 15.9 Å². The van der Waals surface area contributed by atoms with Gasteiger partial charge in [-0.15, -0.1) is 0 Å². The molecule has 0 atom stereocenters. The molecule has 0 unspecified atom stereocenters. The molecule has 0 aliphatic rings. The molecule has 8 heteroatoms. The highest BCUT2D eigenvalue weighted by molar-refractivity contribution is 6.45. The van der Waals surface area contributed by atoms with Crippen LogP contribution in [0.1, 0.15) is 10.4 Å². The molecule has 0 aliphatic heterocycles. The molecule has 110 valence electrons. The predicted octanol–water partition coefficient (Wildman–Crippen LogP) is 0.624. The number of carbonyl (C=O) groups is 1. The number of amidine groups is 1. The van der Waals surface area contributed by atoms with E-state index < -0.39 is 5.84 Å². The summed E-state index contributed by atoms with van der Waals surface area (Å²) < 4.78 is 5.14. The van der Waals surface area contributed by atoms with Gasteiger partial charge in [-0.3, -0.25) is 15.6 Å². The summed E-state index contributed by atoms with van der Waals surface area (Å²) in [4.78, 5) is 13.5. The number of amides is 1. The van der Waals surface area contributed by atoms with Gasteiger partial charge in [0, 0.05) is 14.1 Å². The van der Waals surface area contributed by atoms with Gasteiger partial charge in [0.1, 0.15) is 11.8 Å². The lowest BCUT2D eigenvalue weighted by Gasteiger charge is -2.14. The number of hydrogen-bond acceptors (Lipinski definition) is 6. The molecule has 0 saturated heterocycles. The van der Waals surface area contributed by atoms with Crippen LogP contribution in [0.4, 0.5) is 5.69 Å². The largest absolute Gasteiger partial charge is 0.496 e. The van der Waals surface area contributed by atoms with Gasteiger partial charge in [-0.1, -0.05) is 0 Å². The van der Waals surface area contributed by atoms with Crippen molar-refractivity contribution in [3.8, 4) is 11.8 Å². The number of nitrogens with zero attached hydrogens (tertiary/aromatic N) is 3. The number of nitrogens with one attached hydrogen (secondary N) is 2. The molecule has 21 heavy (non-hydrogen) atoms. The molecule has 1 aromatic carbocycles. The minimum atomic E-state index is -0.442. The van der Waals surface area contributed by atoms with Gasteiger partial charge in [0.2, 0.25) is 5.71 Å². The van der Waals surface area contributed by atoms with Crippen LogP contribution in [0.5, 0.6) is 5.75 Å². The molecule has 0 aliphatic carbocycles. The lowest BCUT2D eigenvalue weighted by Crippen LogP contribution is -2.23. The summed E-state index contributed by atoms with van der Waals surface area (Å²) in [6.07, 6.45) is 0. The second kappa shape index (κ2) is 6.91. The molecular formula is C13H16N6O2. The van der Waals surface area contributed by atoms with E-state index in [2.05, 4.69) is 10.5 Å². The van der Waals surface area contributed by atoms with Crippen LogP contribution in [-0.2, 0) is 0 Å².